The van der Waals surface area contributed by atoms with Crippen molar-refractivity contribution in [3.05, 3.63) is 125 Å². The number of benzene rings is 4. The number of nitrogen functional groups attached to an aromatic ring is 1. The standard InChI is InChI=1S/C13H11NO2.C7H5BrO2.C6H7N.CH4/c15-13(16)10-6-8-12(9-7-10)14-11-4-2-1-3-5-11;8-6-3-1-5(2-4-6)7(9)10;7-6-4-2-1-3-5-6;/h1-9,14H,(H,15,16);1-4H,(H,9,10);1-5H,7H2;1H4. The zero-order chi connectivity index (χ0) is 24.1. The van der Waals surface area contributed by atoms with Crippen molar-refractivity contribution in [2.75, 3.05) is 11.1 Å². The van der Waals surface area contributed by atoms with E-state index in [-0.39, 0.29) is 7.43 Å². The zero-order valence-electron chi connectivity index (χ0n) is 17.6. The van der Waals surface area contributed by atoms with Gasteiger partial charge >= 0.3 is 11.9 Å². The van der Waals surface area contributed by atoms with Crippen LogP contribution in [0.5, 0.6) is 0 Å². The van der Waals surface area contributed by atoms with Crippen molar-refractivity contribution >= 4 is 44.9 Å². The fourth-order valence-corrected chi connectivity index (χ4v) is 2.69. The summed E-state index contributed by atoms with van der Waals surface area (Å²) in [5.41, 5.74) is 8.63. The molecule has 4 aromatic carbocycles. The molecule has 0 aliphatic carbocycles. The molecule has 0 atom stereocenters. The van der Waals surface area contributed by atoms with Crippen LogP contribution in [-0.2, 0) is 0 Å². The van der Waals surface area contributed by atoms with Crippen LogP contribution in [0, 0.1) is 0 Å². The SMILES string of the molecule is C.Nc1ccccc1.O=C(O)c1ccc(Br)cc1.O=C(O)c1ccc(Nc2ccccc2)cc1. The highest BCUT2D eigenvalue weighted by molar-refractivity contribution is 9.10. The number of halogens is 1. The Bertz CT molecular complexity index is 1130. The Kier molecular flexibility index (Phi) is 12.2. The van der Waals surface area contributed by atoms with E-state index in [2.05, 4.69) is 21.2 Å². The lowest BCUT2D eigenvalue weighted by molar-refractivity contribution is 0.0686. The summed E-state index contributed by atoms with van der Waals surface area (Å²) in [6, 6.07) is 32.3. The Hall–Kier alpha value is -4.10. The topological polar surface area (TPSA) is 113 Å². The summed E-state index contributed by atoms with van der Waals surface area (Å²) in [4.78, 5) is 20.9. The van der Waals surface area contributed by atoms with Crippen molar-refractivity contribution in [3.63, 3.8) is 0 Å². The van der Waals surface area contributed by atoms with Crippen LogP contribution >= 0.6 is 15.9 Å². The second-order valence-electron chi connectivity index (χ2n) is 6.60. The van der Waals surface area contributed by atoms with Gasteiger partial charge in [0, 0.05) is 21.5 Å². The average molecular weight is 523 g/mol. The molecule has 5 N–H and O–H groups in total. The second-order valence-corrected chi connectivity index (χ2v) is 7.51. The molecule has 0 bridgehead atoms. The molecule has 0 radical (unpaired) electrons. The third-order valence-corrected chi connectivity index (χ3v) is 4.61. The van der Waals surface area contributed by atoms with Crippen LogP contribution in [0.25, 0.3) is 0 Å². The van der Waals surface area contributed by atoms with Gasteiger partial charge in [-0.1, -0.05) is 59.8 Å². The number of hydrogen-bond acceptors (Lipinski definition) is 4. The minimum atomic E-state index is -0.911. The molecule has 7 heteroatoms. The Morgan fingerprint density at radius 1 is 0.618 bits per heavy atom. The van der Waals surface area contributed by atoms with Gasteiger partial charge in [-0.15, -0.1) is 0 Å². The molecule has 0 unspecified atom stereocenters. The van der Waals surface area contributed by atoms with Gasteiger partial charge in [0.05, 0.1) is 11.1 Å². The van der Waals surface area contributed by atoms with Gasteiger partial charge in [0.15, 0.2) is 0 Å². The van der Waals surface area contributed by atoms with Crippen molar-refractivity contribution in [2.45, 2.75) is 7.43 Å². The molecule has 6 nitrogen and oxygen atoms in total. The number of carboxylic acid groups (broad SMARTS) is 2. The Labute approximate surface area is 207 Å². The molecule has 0 saturated carbocycles. The van der Waals surface area contributed by atoms with Gasteiger partial charge in [-0.05, 0) is 72.8 Å². The van der Waals surface area contributed by atoms with Gasteiger partial charge in [0.1, 0.15) is 0 Å². The van der Waals surface area contributed by atoms with E-state index < -0.39 is 11.9 Å². The first-order chi connectivity index (χ1) is 15.8. The van der Waals surface area contributed by atoms with E-state index in [1.165, 1.54) is 0 Å². The molecule has 0 heterocycles. The summed E-state index contributed by atoms with van der Waals surface area (Å²) in [5, 5.41) is 20.4. The molecule has 4 rings (SSSR count). The molecule has 0 fully saturated rings. The highest BCUT2D eigenvalue weighted by Gasteiger charge is 2.01. The molecule has 0 amide bonds. The summed E-state index contributed by atoms with van der Waals surface area (Å²) in [7, 11) is 0. The highest BCUT2D eigenvalue weighted by Crippen LogP contribution is 2.16. The second kappa shape index (κ2) is 14.9. The van der Waals surface area contributed by atoms with Gasteiger partial charge in [-0.2, -0.15) is 0 Å². The Morgan fingerprint density at radius 3 is 1.38 bits per heavy atom. The molecule has 4 aromatic rings. The number of para-hydroxylation sites is 2. The van der Waals surface area contributed by atoms with Gasteiger partial charge in [-0.3, -0.25) is 0 Å². The first kappa shape index (κ1) is 27.9. The zero-order valence-corrected chi connectivity index (χ0v) is 19.1. The van der Waals surface area contributed by atoms with Crippen LogP contribution in [0.1, 0.15) is 28.1 Å². The molecule has 0 aliphatic heterocycles. The van der Waals surface area contributed by atoms with Crippen LogP contribution in [0.15, 0.2) is 114 Å². The number of carboxylic acids is 2. The number of rotatable bonds is 4. The van der Waals surface area contributed by atoms with Crippen molar-refractivity contribution in [2.24, 2.45) is 0 Å². The Balaban J connectivity index is 0.000000275. The largest absolute Gasteiger partial charge is 0.478 e. The molecule has 176 valence electrons. The summed E-state index contributed by atoms with van der Waals surface area (Å²) in [6.07, 6.45) is 0. The molecule has 0 aromatic heterocycles. The minimum absolute atomic E-state index is 0. The molecular weight excluding hydrogens is 496 g/mol. The van der Waals surface area contributed by atoms with Crippen molar-refractivity contribution in [1.82, 2.24) is 0 Å². The lowest BCUT2D eigenvalue weighted by Crippen LogP contribution is -1.96. The summed E-state index contributed by atoms with van der Waals surface area (Å²) in [5.74, 6) is -1.81. The van der Waals surface area contributed by atoms with E-state index in [0.717, 1.165) is 21.5 Å². The van der Waals surface area contributed by atoms with E-state index in [1.807, 2.05) is 60.7 Å². The minimum Gasteiger partial charge on any atom is -0.478 e. The number of carbonyl (C=O) groups is 2. The summed E-state index contributed by atoms with van der Waals surface area (Å²) in [6.45, 7) is 0. The van der Waals surface area contributed by atoms with E-state index in [0.29, 0.717) is 11.1 Å². The van der Waals surface area contributed by atoms with Crippen LogP contribution in [0.4, 0.5) is 17.1 Å². The monoisotopic (exact) mass is 522 g/mol. The van der Waals surface area contributed by atoms with Gasteiger partial charge in [-0.25, -0.2) is 9.59 Å². The fraction of sp³-hybridized carbons (Fsp3) is 0.0370. The number of anilines is 3. The third-order valence-electron chi connectivity index (χ3n) is 4.09. The predicted molar refractivity (Wildman–Crippen MR) is 142 cm³/mol. The number of hydrogen-bond donors (Lipinski definition) is 4. The summed E-state index contributed by atoms with van der Waals surface area (Å²) >= 11 is 3.20. The number of aromatic carboxylic acids is 2. The van der Waals surface area contributed by atoms with E-state index in [1.54, 1.807) is 48.5 Å². The average Bonchev–Trinajstić information content (AvgIpc) is 2.82. The van der Waals surface area contributed by atoms with Gasteiger partial charge < -0.3 is 21.3 Å². The maximum absolute atomic E-state index is 10.7. The maximum atomic E-state index is 10.7. The van der Waals surface area contributed by atoms with Crippen LogP contribution in [0.3, 0.4) is 0 Å². The molecule has 0 aliphatic rings. The first-order valence-corrected chi connectivity index (χ1v) is 10.6. The highest BCUT2D eigenvalue weighted by atomic mass is 79.9. The van der Waals surface area contributed by atoms with Crippen LogP contribution < -0.4 is 11.1 Å². The number of nitrogens with two attached hydrogens (primary N) is 1. The van der Waals surface area contributed by atoms with E-state index >= 15 is 0 Å². The quantitative estimate of drug-likeness (QED) is 0.211. The lowest BCUT2D eigenvalue weighted by Gasteiger charge is -2.05. The smallest absolute Gasteiger partial charge is 0.335 e. The first-order valence-electron chi connectivity index (χ1n) is 9.80. The van der Waals surface area contributed by atoms with Crippen LogP contribution in [0.2, 0.25) is 0 Å². The predicted octanol–water partition coefficient (Wildman–Crippen LogP) is 7.18. The van der Waals surface area contributed by atoms with Crippen molar-refractivity contribution in [3.8, 4) is 0 Å². The van der Waals surface area contributed by atoms with E-state index in [4.69, 9.17) is 15.9 Å². The van der Waals surface area contributed by atoms with Gasteiger partial charge in [0.25, 0.3) is 0 Å². The lowest BCUT2D eigenvalue weighted by atomic mass is 10.2. The maximum Gasteiger partial charge on any atom is 0.335 e. The van der Waals surface area contributed by atoms with Gasteiger partial charge in [0.2, 0.25) is 0 Å². The number of nitrogens with one attached hydrogen (secondary N) is 1. The van der Waals surface area contributed by atoms with Crippen molar-refractivity contribution < 1.29 is 19.8 Å². The molecule has 0 spiro atoms. The van der Waals surface area contributed by atoms with Crippen LogP contribution in [-0.4, -0.2) is 22.2 Å². The Morgan fingerprint density at radius 2 is 1.00 bits per heavy atom. The molecule has 0 saturated heterocycles. The van der Waals surface area contributed by atoms with E-state index in [9.17, 15) is 9.59 Å². The summed E-state index contributed by atoms with van der Waals surface area (Å²) < 4.78 is 0.887. The molecule has 34 heavy (non-hydrogen) atoms. The third kappa shape index (κ3) is 10.5. The fourth-order valence-electron chi connectivity index (χ4n) is 2.43. The normalized spacial score (nSPS) is 9.09. The molecular formula is C27H27BrN2O4. The van der Waals surface area contributed by atoms with Crippen molar-refractivity contribution in [1.29, 1.82) is 0 Å².